The van der Waals surface area contributed by atoms with Crippen LogP contribution in [0.1, 0.15) is 44.1 Å². The van der Waals surface area contributed by atoms with Gasteiger partial charge >= 0.3 is 5.97 Å². The number of carbonyl (C=O) groups is 1. The van der Waals surface area contributed by atoms with Gasteiger partial charge in [-0.2, -0.15) is 0 Å². The molecule has 3 heteroatoms. The number of rotatable bonds is 7. The van der Waals surface area contributed by atoms with E-state index in [2.05, 4.69) is 6.08 Å². The van der Waals surface area contributed by atoms with Gasteiger partial charge < -0.3 is 9.84 Å². The second-order valence-corrected chi connectivity index (χ2v) is 5.29. The third-order valence-electron chi connectivity index (χ3n) is 3.59. The Morgan fingerprint density at radius 3 is 2.65 bits per heavy atom. The van der Waals surface area contributed by atoms with E-state index in [1.165, 1.54) is 24.8 Å². The highest BCUT2D eigenvalue weighted by Crippen LogP contribution is 2.19. The van der Waals surface area contributed by atoms with Gasteiger partial charge in [0.25, 0.3) is 0 Å². The SMILES string of the molecule is O=C(O)CCCc1ccc(OCC2=CCCCC2)cc1. The summed E-state index contributed by atoms with van der Waals surface area (Å²) in [6.45, 7) is 0.693. The molecule has 0 amide bonds. The molecule has 0 spiro atoms. The fraction of sp³-hybridized carbons (Fsp3) is 0.471. The summed E-state index contributed by atoms with van der Waals surface area (Å²) < 4.78 is 5.78. The predicted molar refractivity (Wildman–Crippen MR) is 79.1 cm³/mol. The first-order valence-corrected chi connectivity index (χ1v) is 7.35. The molecule has 0 unspecified atom stereocenters. The molecule has 108 valence electrons. The van der Waals surface area contributed by atoms with Crippen molar-refractivity contribution in [3.8, 4) is 5.75 Å². The topological polar surface area (TPSA) is 46.5 Å². The van der Waals surface area contributed by atoms with E-state index in [4.69, 9.17) is 9.84 Å². The quantitative estimate of drug-likeness (QED) is 0.765. The molecule has 1 N–H and O–H groups in total. The minimum atomic E-state index is -0.731. The third-order valence-corrected chi connectivity index (χ3v) is 3.59. The van der Waals surface area contributed by atoms with Crippen LogP contribution in [-0.2, 0) is 11.2 Å². The maximum absolute atomic E-state index is 10.5. The molecule has 0 aromatic heterocycles. The van der Waals surface area contributed by atoms with Crippen LogP contribution in [0, 0.1) is 0 Å². The lowest BCUT2D eigenvalue weighted by Gasteiger charge is -2.13. The average Bonchev–Trinajstić information content (AvgIpc) is 2.47. The highest BCUT2D eigenvalue weighted by Gasteiger charge is 2.04. The molecule has 0 saturated heterocycles. The van der Waals surface area contributed by atoms with Crippen LogP contribution in [0.2, 0.25) is 0 Å². The molecule has 1 aromatic rings. The Balaban J connectivity index is 1.76. The third kappa shape index (κ3) is 5.08. The molecule has 0 atom stereocenters. The van der Waals surface area contributed by atoms with Gasteiger partial charge in [0.05, 0.1) is 0 Å². The van der Waals surface area contributed by atoms with E-state index in [9.17, 15) is 4.79 Å². The van der Waals surface area contributed by atoms with Crippen LogP contribution in [0.3, 0.4) is 0 Å². The molecule has 1 aromatic carbocycles. The van der Waals surface area contributed by atoms with Gasteiger partial charge in [0.2, 0.25) is 0 Å². The van der Waals surface area contributed by atoms with Gasteiger partial charge in [-0.25, -0.2) is 0 Å². The first-order valence-electron chi connectivity index (χ1n) is 7.35. The summed E-state index contributed by atoms with van der Waals surface area (Å²) in [6, 6.07) is 7.98. The van der Waals surface area contributed by atoms with Crippen LogP contribution in [-0.4, -0.2) is 17.7 Å². The van der Waals surface area contributed by atoms with Crippen molar-refractivity contribution in [2.24, 2.45) is 0 Å². The number of carboxylic acids is 1. The number of benzene rings is 1. The van der Waals surface area contributed by atoms with E-state index in [1.807, 2.05) is 24.3 Å². The predicted octanol–water partition coefficient (Wildman–Crippen LogP) is 3.97. The molecule has 2 rings (SSSR count). The summed E-state index contributed by atoms with van der Waals surface area (Å²) in [5.41, 5.74) is 2.57. The number of allylic oxidation sites excluding steroid dienone is 1. The Morgan fingerprint density at radius 2 is 2.00 bits per heavy atom. The van der Waals surface area contributed by atoms with Crippen LogP contribution in [0.25, 0.3) is 0 Å². The van der Waals surface area contributed by atoms with Crippen LogP contribution in [0.15, 0.2) is 35.9 Å². The Morgan fingerprint density at radius 1 is 1.20 bits per heavy atom. The van der Waals surface area contributed by atoms with Crippen molar-refractivity contribution in [2.75, 3.05) is 6.61 Å². The molecule has 3 nitrogen and oxygen atoms in total. The smallest absolute Gasteiger partial charge is 0.303 e. The van der Waals surface area contributed by atoms with E-state index < -0.39 is 5.97 Å². The summed E-state index contributed by atoms with van der Waals surface area (Å²) in [5, 5.41) is 8.60. The number of carboxylic acid groups (broad SMARTS) is 1. The average molecular weight is 274 g/mol. The summed E-state index contributed by atoms with van der Waals surface area (Å²) >= 11 is 0. The summed E-state index contributed by atoms with van der Waals surface area (Å²) in [6.07, 6.45) is 8.93. The number of aryl methyl sites for hydroxylation is 1. The molecular formula is C17H22O3. The van der Waals surface area contributed by atoms with Crippen LogP contribution in [0.4, 0.5) is 0 Å². The second kappa shape index (κ2) is 7.73. The molecule has 0 fully saturated rings. The molecule has 0 radical (unpaired) electrons. The minimum Gasteiger partial charge on any atom is -0.489 e. The zero-order valence-corrected chi connectivity index (χ0v) is 11.8. The second-order valence-electron chi connectivity index (χ2n) is 5.29. The van der Waals surface area contributed by atoms with E-state index >= 15 is 0 Å². The Bertz CT molecular complexity index is 460. The first-order chi connectivity index (χ1) is 9.74. The van der Waals surface area contributed by atoms with Gasteiger partial charge in [-0.3, -0.25) is 4.79 Å². The zero-order chi connectivity index (χ0) is 14.2. The lowest BCUT2D eigenvalue weighted by Crippen LogP contribution is -2.04. The van der Waals surface area contributed by atoms with Gasteiger partial charge in [-0.05, 0) is 61.8 Å². The van der Waals surface area contributed by atoms with Crippen LogP contribution >= 0.6 is 0 Å². The van der Waals surface area contributed by atoms with E-state index in [0.717, 1.165) is 24.2 Å². The molecular weight excluding hydrogens is 252 g/mol. The van der Waals surface area contributed by atoms with Crippen molar-refractivity contribution in [3.05, 3.63) is 41.5 Å². The molecule has 0 heterocycles. The largest absolute Gasteiger partial charge is 0.489 e. The molecule has 0 aliphatic heterocycles. The minimum absolute atomic E-state index is 0.229. The van der Waals surface area contributed by atoms with Crippen LogP contribution in [0.5, 0.6) is 5.75 Å². The molecule has 20 heavy (non-hydrogen) atoms. The van der Waals surface area contributed by atoms with Crippen molar-refractivity contribution in [1.82, 2.24) is 0 Å². The number of ether oxygens (including phenoxy) is 1. The molecule has 0 bridgehead atoms. The normalized spacial score (nSPS) is 14.7. The number of aliphatic carboxylic acids is 1. The highest BCUT2D eigenvalue weighted by atomic mass is 16.5. The summed E-state index contributed by atoms with van der Waals surface area (Å²) in [4.78, 5) is 10.5. The Kier molecular flexibility index (Phi) is 5.66. The maximum Gasteiger partial charge on any atom is 0.303 e. The van der Waals surface area contributed by atoms with Crippen LogP contribution < -0.4 is 4.74 Å². The van der Waals surface area contributed by atoms with Gasteiger partial charge in [0, 0.05) is 6.42 Å². The van der Waals surface area contributed by atoms with Gasteiger partial charge in [0.1, 0.15) is 12.4 Å². The van der Waals surface area contributed by atoms with Crippen molar-refractivity contribution in [3.63, 3.8) is 0 Å². The fourth-order valence-electron chi connectivity index (χ4n) is 2.41. The Hall–Kier alpha value is -1.77. The van der Waals surface area contributed by atoms with E-state index in [1.54, 1.807) is 0 Å². The number of hydrogen-bond acceptors (Lipinski definition) is 2. The van der Waals surface area contributed by atoms with Gasteiger partial charge in [-0.1, -0.05) is 18.2 Å². The van der Waals surface area contributed by atoms with E-state index in [-0.39, 0.29) is 6.42 Å². The zero-order valence-electron chi connectivity index (χ0n) is 11.8. The fourth-order valence-corrected chi connectivity index (χ4v) is 2.41. The Labute approximate surface area is 120 Å². The van der Waals surface area contributed by atoms with Crippen molar-refractivity contribution in [2.45, 2.75) is 44.9 Å². The highest BCUT2D eigenvalue weighted by molar-refractivity contribution is 5.66. The van der Waals surface area contributed by atoms with Crippen molar-refractivity contribution < 1.29 is 14.6 Å². The number of hydrogen-bond donors (Lipinski definition) is 1. The van der Waals surface area contributed by atoms with Crippen molar-refractivity contribution >= 4 is 5.97 Å². The van der Waals surface area contributed by atoms with Gasteiger partial charge in [-0.15, -0.1) is 0 Å². The summed E-state index contributed by atoms with van der Waals surface area (Å²) in [5.74, 6) is 0.157. The van der Waals surface area contributed by atoms with Gasteiger partial charge in [0.15, 0.2) is 0 Å². The first kappa shape index (κ1) is 14.6. The standard InChI is InChI=1S/C17H22O3/c18-17(19)8-4-7-14-9-11-16(12-10-14)20-13-15-5-2-1-3-6-15/h5,9-12H,1-4,6-8,13H2,(H,18,19). The molecule has 1 aliphatic rings. The van der Waals surface area contributed by atoms with E-state index in [0.29, 0.717) is 13.0 Å². The molecule has 1 aliphatic carbocycles. The maximum atomic E-state index is 10.5. The molecule has 0 saturated carbocycles. The lowest BCUT2D eigenvalue weighted by molar-refractivity contribution is -0.137. The lowest BCUT2D eigenvalue weighted by atomic mass is 10.0. The van der Waals surface area contributed by atoms with Crippen molar-refractivity contribution in [1.29, 1.82) is 0 Å². The summed E-state index contributed by atoms with van der Waals surface area (Å²) in [7, 11) is 0. The monoisotopic (exact) mass is 274 g/mol.